The minimum absolute atomic E-state index is 0.199. The maximum absolute atomic E-state index is 5.89. The molecule has 0 radical (unpaired) electrons. The van der Waals surface area contributed by atoms with Crippen molar-refractivity contribution in [2.45, 2.75) is 6.61 Å². The number of thiophene rings is 1. The average Bonchev–Trinajstić information content (AvgIpc) is 2.93. The van der Waals surface area contributed by atoms with Crippen LogP contribution in [0.5, 0.6) is 11.6 Å². The zero-order valence-corrected chi connectivity index (χ0v) is 12.2. The molecule has 0 atom stereocenters. The van der Waals surface area contributed by atoms with Crippen molar-refractivity contribution in [3.8, 4) is 11.6 Å². The Hall–Kier alpha value is -1.85. The standard InChI is InChI=1S/C14H11ClN2O2S/c1-18-10-4-2-9(3-5-10)8-19-12-11-6-7-20-13(11)17-14(15)16-12/h2-7H,8H2,1H3. The lowest BCUT2D eigenvalue weighted by atomic mass is 10.2. The number of methoxy groups -OCH3 is 1. The highest BCUT2D eigenvalue weighted by molar-refractivity contribution is 7.16. The van der Waals surface area contributed by atoms with Crippen LogP contribution in [0.4, 0.5) is 0 Å². The molecule has 0 saturated heterocycles. The molecule has 6 heteroatoms. The van der Waals surface area contributed by atoms with Gasteiger partial charge in [-0.05, 0) is 40.7 Å². The Morgan fingerprint density at radius 3 is 2.70 bits per heavy atom. The van der Waals surface area contributed by atoms with Crippen molar-refractivity contribution in [3.05, 3.63) is 46.6 Å². The third-order valence-corrected chi connectivity index (χ3v) is 3.77. The number of halogens is 1. The molecule has 0 fully saturated rings. The average molecular weight is 307 g/mol. The van der Waals surface area contributed by atoms with Crippen LogP contribution in [0.2, 0.25) is 5.28 Å². The molecule has 1 aromatic carbocycles. The zero-order valence-electron chi connectivity index (χ0n) is 10.7. The summed E-state index contributed by atoms with van der Waals surface area (Å²) in [5.74, 6) is 1.33. The molecule has 0 amide bonds. The summed E-state index contributed by atoms with van der Waals surface area (Å²) in [4.78, 5) is 9.12. The van der Waals surface area contributed by atoms with Gasteiger partial charge in [-0.2, -0.15) is 4.98 Å². The number of rotatable bonds is 4. The van der Waals surface area contributed by atoms with E-state index in [0.717, 1.165) is 21.5 Å². The summed E-state index contributed by atoms with van der Waals surface area (Å²) in [6, 6.07) is 9.62. The Kier molecular flexibility index (Phi) is 3.71. The quantitative estimate of drug-likeness (QED) is 0.685. The largest absolute Gasteiger partial charge is 0.497 e. The Bertz CT molecular complexity index is 728. The first kappa shape index (κ1) is 13.1. The molecule has 0 aliphatic carbocycles. The van der Waals surface area contributed by atoms with Crippen molar-refractivity contribution >= 4 is 33.2 Å². The van der Waals surface area contributed by atoms with Gasteiger partial charge in [-0.1, -0.05) is 12.1 Å². The number of hydrogen-bond acceptors (Lipinski definition) is 5. The van der Waals surface area contributed by atoms with E-state index in [1.807, 2.05) is 35.7 Å². The molecular formula is C14H11ClN2O2S. The summed E-state index contributed by atoms with van der Waals surface area (Å²) in [5, 5.41) is 3.02. The Morgan fingerprint density at radius 2 is 1.95 bits per heavy atom. The zero-order chi connectivity index (χ0) is 13.9. The van der Waals surface area contributed by atoms with E-state index in [2.05, 4.69) is 9.97 Å². The monoisotopic (exact) mass is 306 g/mol. The third kappa shape index (κ3) is 2.69. The van der Waals surface area contributed by atoms with Gasteiger partial charge in [0.05, 0.1) is 12.5 Å². The van der Waals surface area contributed by atoms with Crippen molar-refractivity contribution in [3.63, 3.8) is 0 Å². The van der Waals surface area contributed by atoms with Crippen LogP contribution in [0.25, 0.3) is 10.2 Å². The van der Waals surface area contributed by atoms with Crippen molar-refractivity contribution in [1.82, 2.24) is 9.97 Å². The van der Waals surface area contributed by atoms with E-state index in [-0.39, 0.29) is 5.28 Å². The van der Waals surface area contributed by atoms with Crippen LogP contribution in [0, 0.1) is 0 Å². The van der Waals surface area contributed by atoms with E-state index in [1.54, 1.807) is 7.11 Å². The van der Waals surface area contributed by atoms with Gasteiger partial charge in [0.15, 0.2) is 0 Å². The minimum atomic E-state index is 0.199. The van der Waals surface area contributed by atoms with E-state index < -0.39 is 0 Å². The fourth-order valence-electron chi connectivity index (χ4n) is 1.79. The van der Waals surface area contributed by atoms with E-state index in [9.17, 15) is 0 Å². The number of nitrogens with zero attached hydrogens (tertiary/aromatic N) is 2. The minimum Gasteiger partial charge on any atom is -0.497 e. The van der Waals surface area contributed by atoms with Gasteiger partial charge in [0.2, 0.25) is 11.2 Å². The predicted octanol–water partition coefficient (Wildman–Crippen LogP) is 3.93. The summed E-state index contributed by atoms with van der Waals surface area (Å²) in [5.41, 5.74) is 1.03. The first-order valence-electron chi connectivity index (χ1n) is 5.93. The van der Waals surface area contributed by atoms with Gasteiger partial charge in [-0.25, -0.2) is 4.98 Å². The van der Waals surface area contributed by atoms with Gasteiger partial charge in [-0.15, -0.1) is 11.3 Å². The van der Waals surface area contributed by atoms with E-state index in [1.165, 1.54) is 11.3 Å². The fourth-order valence-corrected chi connectivity index (χ4v) is 2.75. The van der Waals surface area contributed by atoms with E-state index in [4.69, 9.17) is 21.1 Å². The number of fused-ring (bicyclic) bond motifs is 1. The molecule has 3 rings (SSSR count). The SMILES string of the molecule is COc1ccc(COc2nc(Cl)nc3sccc23)cc1. The molecular weight excluding hydrogens is 296 g/mol. The second-order valence-corrected chi connectivity index (χ2v) is 5.31. The normalized spacial score (nSPS) is 10.7. The van der Waals surface area contributed by atoms with Gasteiger partial charge in [0.1, 0.15) is 17.2 Å². The van der Waals surface area contributed by atoms with Crippen molar-refractivity contribution in [1.29, 1.82) is 0 Å². The molecule has 0 aliphatic heterocycles. The van der Waals surface area contributed by atoms with Crippen LogP contribution in [-0.4, -0.2) is 17.1 Å². The molecule has 2 heterocycles. The highest BCUT2D eigenvalue weighted by Gasteiger charge is 2.09. The summed E-state index contributed by atoms with van der Waals surface area (Å²) in [6.45, 7) is 0.419. The van der Waals surface area contributed by atoms with E-state index in [0.29, 0.717) is 12.5 Å². The lowest BCUT2D eigenvalue weighted by Gasteiger charge is -2.07. The predicted molar refractivity (Wildman–Crippen MR) is 79.8 cm³/mol. The number of benzene rings is 1. The molecule has 0 spiro atoms. The van der Waals surface area contributed by atoms with Crippen LogP contribution < -0.4 is 9.47 Å². The highest BCUT2D eigenvalue weighted by atomic mass is 35.5. The van der Waals surface area contributed by atoms with Crippen molar-refractivity contribution < 1.29 is 9.47 Å². The molecule has 20 heavy (non-hydrogen) atoms. The lowest BCUT2D eigenvalue weighted by molar-refractivity contribution is 0.297. The first-order valence-corrected chi connectivity index (χ1v) is 7.18. The van der Waals surface area contributed by atoms with Gasteiger partial charge >= 0.3 is 0 Å². The smallest absolute Gasteiger partial charge is 0.227 e. The van der Waals surface area contributed by atoms with Crippen LogP contribution in [0.3, 0.4) is 0 Å². The van der Waals surface area contributed by atoms with Crippen LogP contribution in [0.15, 0.2) is 35.7 Å². The van der Waals surface area contributed by atoms with E-state index >= 15 is 0 Å². The topological polar surface area (TPSA) is 44.2 Å². The lowest BCUT2D eigenvalue weighted by Crippen LogP contribution is -1.98. The maximum Gasteiger partial charge on any atom is 0.227 e. The maximum atomic E-state index is 5.89. The molecule has 2 aromatic heterocycles. The second-order valence-electron chi connectivity index (χ2n) is 4.07. The Balaban J connectivity index is 1.80. The molecule has 3 aromatic rings. The first-order chi connectivity index (χ1) is 9.76. The highest BCUT2D eigenvalue weighted by Crippen LogP contribution is 2.28. The number of hydrogen-bond donors (Lipinski definition) is 0. The molecule has 4 nitrogen and oxygen atoms in total. The number of aromatic nitrogens is 2. The van der Waals surface area contributed by atoms with Crippen molar-refractivity contribution in [2.24, 2.45) is 0 Å². The summed E-state index contributed by atoms with van der Waals surface area (Å²) < 4.78 is 10.9. The summed E-state index contributed by atoms with van der Waals surface area (Å²) >= 11 is 7.40. The Labute approximate surface area is 125 Å². The second kappa shape index (κ2) is 5.64. The van der Waals surface area contributed by atoms with Crippen molar-refractivity contribution in [2.75, 3.05) is 7.11 Å². The molecule has 0 aliphatic rings. The van der Waals surface area contributed by atoms with Gasteiger partial charge in [0, 0.05) is 0 Å². The molecule has 0 N–H and O–H groups in total. The molecule has 102 valence electrons. The van der Waals surface area contributed by atoms with Gasteiger partial charge in [0.25, 0.3) is 0 Å². The van der Waals surface area contributed by atoms with Gasteiger partial charge < -0.3 is 9.47 Å². The molecule has 0 bridgehead atoms. The molecule has 0 saturated carbocycles. The number of ether oxygens (including phenoxy) is 2. The summed E-state index contributed by atoms with van der Waals surface area (Å²) in [7, 11) is 1.64. The van der Waals surface area contributed by atoms with Crippen LogP contribution in [0.1, 0.15) is 5.56 Å². The third-order valence-electron chi connectivity index (χ3n) is 2.80. The van der Waals surface area contributed by atoms with Crippen LogP contribution >= 0.6 is 22.9 Å². The van der Waals surface area contributed by atoms with Gasteiger partial charge in [-0.3, -0.25) is 0 Å². The Morgan fingerprint density at radius 1 is 1.15 bits per heavy atom. The molecule has 0 unspecified atom stereocenters. The fraction of sp³-hybridized carbons (Fsp3) is 0.143. The summed E-state index contributed by atoms with van der Waals surface area (Å²) in [6.07, 6.45) is 0. The van der Waals surface area contributed by atoms with Crippen LogP contribution in [-0.2, 0) is 6.61 Å².